The van der Waals surface area contributed by atoms with Gasteiger partial charge in [0.05, 0.1) is 26.5 Å². The fraction of sp³-hybridized carbons (Fsp3) is 0.458. The smallest absolute Gasteiger partial charge is 0.412 e. The molecule has 0 fully saturated rings. The van der Waals surface area contributed by atoms with Gasteiger partial charge in [-0.05, 0) is 81.0 Å². The fourth-order valence-electron chi connectivity index (χ4n) is 3.60. The third-order valence-electron chi connectivity index (χ3n) is 5.33. The van der Waals surface area contributed by atoms with Crippen LogP contribution in [0.25, 0.3) is 0 Å². The van der Waals surface area contributed by atoms with Gasteiger partial charge in [0, 0.05) is 11.6 Å². The molecule has 1 aliphatic heterocycles. The summed E-state index contributed by atoms with van der Waals surface area (Å²) < 4.78 is 34.3. The van der Waals surface area contributed by atoms with Gasteiger partial charge in [-0.25, -0.2) is 4.79 Å². The van der Waals surface area contributed by atoms with E-state index in [4.69, 9.17) is 18.9 Å². The molecule has 0 saturated heterocycles. The number of rotatable bonds is 11. The molecule has 0 spiro atoms. The highest BCUT2D eigenvalue weighted by atomic mass is 32.2. The second kappa shape index (κ2) is 10.8. The van der Waals surface area contributed by atoms with Crippen molar-refractivity contribution in [1.82, 2.24) is 0 Å². The Hall–Kier alpha value is -2.58. The van der Waals surface area contributed by atoms with E-state index in [1.54, 1.807) is 26.4 Å². The Kier molecular flexibility index (Phi) is 8.15. The van der Waals surface area contributed by atoms with Crippen LogP contribution >= 0.6 is 0 Å². The molecule has 0 aliphatic carbocycles. The maximum absolute atomic E-state index is 12.5. The molecule has 0 aromatic heterocycles. The van der Waals surface area contributed by atoms with Crippen LogP contribution in [0.15, 0.2) is 41.3 Å². The number of methoxy groups -OCH3 is 2. The first-order valence-corrected chi connectivity index (χ1v) is 12.0. The van der Waals surface area contributed by atoms with Crippen molar-refractivity contribution in [3.63, 3.8) is 0 Å². The lowest BCUT2D eigenvalue weighted by atomic mass is 9.94. The zero-order valence-corrected chi connectivity index (χ0v) is 19.9. The summed E-state index contributed by atoms with van der Waals surface area (Å²) in [6, 6.07) is 11.0. The molecule has 0 saturated carbocycles. The van der Waals surface area contributed by atoms with E-state index in [1.165, 1.54) is 0 Å². The summed E-state index contributed by atoms with van der Waals surface area (Å²) in [5, 5.41) is 2.71. The summed E-state index contributed by atoms with van der Waals surface area (Å²) in [6.07, 6.45) is 3.34. The Balaban J connectivity index is 1.37. The van der Waals surface area contributed by atoms with Crippen LogP contribution < -0.4 is 19.5 Å². The average Bonchev–Trinajstić information content (AvgIpc) is 2.77. The Bertz CT molecular complexity index is 933. The van der Waals surface area contributed by atoms with Crippen molar-refractivity contribution in [2.24, 2.45) is 0 Å². The van der Waals surface area contributed by atoms with Gasteiger partial charge in [-0.15, -0.1) is 0 Å². The van der Waals surface area contributed by atoms with Crippen LogP contribution in [-0.2, 0) is 21.5 Å². The molecule has 1 atom stereocenters. The van der Waals surface area contributed by atoms with Crippen molar-refractivity contribution in [2.45, 2.75) is 50.0 Å². The molecule has 1 N–H and O–H groups in total. The summed E-state index contributed by atoms with van der Waals surface area (Å²) in [4.78, 5) is 12.4. The van der Waals surface area contributed by atoms with E-state index in [0.29, 0.717) is 23.9 Å². The maximum Gasteiger partial charge on any atom is 0.412 e. The van der Waals surface area contributed by atoms with Gasteiger partial charge >= 0.3 is 6.09 Å². The Morgan fingerprint density at radius 2 is 1.75 bits per heavy atom. The third-order valence-corrected chi connectivity index (χ3v) is 6.77. The van der Waals surface area contributed by atoms with Crippen LogP contribution in [0.3, 0.4) is 0 Å². The molecule has 1 aliphatic rings. The first kappa shape index (κ1) is 24.1. The summed E-state index contributed by atoms with van der Waals surface area (Å²) in [5.74, 6) is 2.59. The molecule has 1 amide bonds. The molecule has 3 rings (SSSR count). The van der Waals surface area contributed by atoms with Crippen molar-refractivity contribution >= 4 is 23.0 Å². The number of nitrogens with one attached hydrogen (secondary N) is 1. The SMILES string of the molecule is COc1ccc([S+]([O-])CCCCCCOc2ccc3c(c2)C(C)(C)OC(=O)N3)cc1OC. The molecule has 7 nitrogen and oxygen atoms in total. The molecule has 1 unspecified atom stereocenters. The highest BCUT2D eigenvalue weighted by Gasteiger charge is 2.33. The second-order valence-corrected chi connectivity index (χ2v) is 9.63. The second-order valence-electron chi connectivity index (χ2n) is 8.06. The minimum absolute atomic E-state index is 0.441. The van der Waals surface area contributed by atoms with E-state index >= 15 is 0 Å². The van der Waals surface area contributed by atoms with Crippen LogP contribution in [0.5, 0.6) is 17.2 Å². The van der Waals surface area contributed by atoms with Gasteiger partial charge in [0.2, 0.25) is 0 Å². The molecule has 1 heterocycles. The number of carbonyl (C=O) groups is 1. The van der Waals surface area contributed by atoms with E-state index < -0.39 is 22.9 Å². The monoisotopic (exact) mass is 461 g/mol. The molecule has 32 heavy (non-hydrogen) atoms. The number of ether oxygens (including phenoxy) is 4. The Morgan fingerprint density at radius 3 is 2.50 bits per heavy atom. The van der Waals surface area contributed by atoms with Gasteiger partial charge in [0.1, 0.15) is 17.1 Å². The quantitative estimate of drug-likeness (QED) is 0.363. The predicted molar refractivity (Wildman–Crippen MR) is 124 cm³/mol. The number of hydrogen-bond acceptors (Lipinski definition) is 6. The summed E-state index contributed by atoms with van der Waals surface area (Å²) in [5.41, 5.74) is 0.953. The molecule has 2 aromatic rings. The number of amides is 1. The first-order valence-electron chi connectivity index (χ1n) is 10.7. The predicted octanol–water partition coefficient (Wildman–Crippen LogP) is 5.25. The first-order chi connectivity index (χ1) is 15.3. The van der Waals surface area contributed by atoms with Gasteiger partial charge in [-0.1, -0.05) is 0 Å². The largest absolute Gasteiger partial charge is 0.611 e. The lowest BCUT2D eigenvalue weighted by molar-refractivity contribution is 0.0418. The molecular formula is C24H31NO6S. The van der Waals surface area contributed by atoms with Gasteiger partial charge in [0.25, 0.3) is 0 Å². The molecule has 0 bridgehead atoms. The Morgan fingerprint density at radius 1 is 1.00 bits per heavy atom. The summed E-state index contributed by atoms with van der Waals surface area (Å²) in [6.45, 7) is 4.33. The standard InChI is InChI=1S/C24H31NO6S/c1-24(2)19-15-17(9-11-20(19)25-23(26)31-24)30-13-7-5-6-8-14-32(27)18-10-12-21(28-3)22(16-18)29-4/h9-12,15-16H,5-8,13-14H2,1-4H3,(H,25,26). The van der Waals surface area contributed by atoms with Crippen LogP contribution in [0.2, 0.25) is 0 Å². The zero-order valence-electron chi connectivity index (χ0n) is 19.1. The maximum atomic E-state index is 12.5. The van der Waals surface area contributed by atoms with Crippen molar-refractivity contribution < 1.29 is 28.3 Å². The van der Waals surface area contributed by atoms with Gasteiger partial charge in [0.15, 0.2) is 16.4 Å². The molecule has 0 radical (unpaired) electrons. The number of anilines is 1. The molecular weight excluding hydrogens is 430 g/mol. The highest BCUT2D eigenvalue weighted by molar-refractivity contribution is 7.91. The number of carbonyl (C=O) groups excluding carboxylic acids is 1. The molecule has 2 aromatic carbocycles. The minimum Gasteiger partial charge on any atom is -0.611 e. The zero-order chi connectivity index (χ0) is 23.1. The van der Waals surface area contributed by atoms with Gasteiger partial charge in [-0.2, -0.15) is 0 Å². The van der Waals surface area contributed by atoms with E-state index in [-0.39, 0.29) is 0 Å². The third kappa shape index (κ3) is 6.01. The number of cyclic esters (lactones) is 1. The average molecular weight is 462 g/mol. The fourth-order valence-corrected chi connectivity index (χ4v) is 4.76. The van der Waals surface area contributed by atoms with Gasteiger partial charge < -0.3 is 23.5 Å². The van der Waals surface area contributed by atoms with Crippen LogP contribution in [-0.4, -0.2) is 37.2 Å². The highest BCUT2D eigenvalue weighted by Crippen LogP contribution is 2.37. The van der Waals surface area contributed by atoms with Crippen LogP contribution in [0.1, 0.15) is 45.1 Å². The van der Waals surface area contributed by atoms with E-state index in [2.05, 4.69) is 5.32 Å². The molecule has 174 valence electrons. The van der Waals surface area contributed by atoms with Crippen molar-refractivity contribution in [3.8, 4) is 17.2 Å². The van der Waals surface area contributed by atoms with Crippen LogP contribution in [0.4, 0.5) is 10.5 Å². The lowest BCUT2D eigenvalue weighted by Crippen LogP contribution is -2.34. The number of benzene rings is 2. The van der Waals surface area contributed by atoms with E-state index in [0.717, 1.165) is 47.6 Å². The van der Waals surface area contributed by atoms with Crippen LogP contribution in [0, 0.1) is 0 Å². The number of unbranched alkanes of at least 4 members (excludes halogenated alkanes) is 3. The lowest BCUT2D eigenvalue weighted by Gasteiger charge is -2.32. The molecule has 8 heteroatoms. The minimum atomic E-state index is -1.06. The van der Waals surface area contributed by atoms with Crippen molar-refractivity contribution in [2.75, 3.05) is 31.9 Å². The van der Waals surface area contributed by atoms with E-state index in [1.807, 2.05) is 38.1 Å². The summed E-state index contributed by atoms with van der Waals surface area (Å²) >= 11 is -1.06. The van der Waals surface area contributed by atoms with Gasteiger partial charge in [-0.3, -0.25) is 5.32 Å². The van der Waals surface area contributed by atoms with E-state index in [9.17, 15) is 9.35 Å². The number of fused-ring (bicyclic) bond motifs is 1. The topological polar surface area (TPSA) is 89.1 Å². The normalized spacial score (nSPS) is 15.2. The van der Waals surface area contributed by atoms with Crippen molar-refractivity contribution in [1.29, 1.82) is 0 Å². The van der Waals surface area contributed by atoms with Crippen molar-refractivity contribution in [3.05, 3.63) is 42.0 Å². The summed E-state index contributed by atoms with van der Waals surface area (Å²) in [7, 11) is 3.15. The Labute approximate surface area is 192 Å². The number of hydrogen-bond donors (Lipinski definition) is 1.